The molecule has 0 amide bonds. The summed E-state index contributed by atoms with van der Waals surface area (Å²) in [5, 5.41) is 4.67. The van der Waals surface area contributed by atoms with Gasteiger partial charge in [-0.1, -0.05) is 81.3 Å². The van der Waals surface area contributed by atoms with Crippen LogP contribution < -0.4 is 10.9 Å². The zero-order valence-electron chi connectivity index (χ0n) is 23.1. The predicted octanol–water partition coefficient (Wildman–Crippen LogP) is 6.91. The summed E-state index contributed by atoms with van der Waals surface area (Å²) in [6, 6.07) is 15.6. The van der Waals surface area contributed by atoms with Crippen molar-refractivity contribution in [1.82, 2.24) is 25.4 Å². The maximum atomic E-state index is 4.85. The largest absolute Gasteiger partial charge is 0.306 e. The topological polar surface area (TPSA) is 66.6 Å². The molecule has 2 aliphatic rings. The van der Waals surface area contributed by atoms with Crippen molar-refractivity contribution in [3.8, 4) is 22.3 Å². The molecule has 1 saturated carbocycles. The fourth-order valence-electron chi connectivity index (χ4n) is 6.03. The van der Waals surface area contributed by atoms with Gasteiger partial charge in [-0.2, -0.15) is 5.10 Å². The molecule has 2 aromatic heterocycles. The van der Waals surface area contributed by atoms with E-state index < -0.39 is 0 Å². The van der Waals surface area contributed by atoms with Gasteiger partial charge in [-0.25, -0.2) is 14.9 Å². The minimum absolute atomic E-state index is 0.821. The third-order valence-electron chi connectivity index (χ3n) is 8.45. The second-order valence-corrected chi connectivity index (χ2v) is 11.3. The minimum atomic E-state index is 0.821. The highest BCUT2D eigenvalue weighted by molar-refractivity contribution is 6.01. The third kappa shape index (κ3) is 6.06. The monoisotopic (exact) mass is 520 g/mol. The summed E-state index contributed by atoms with van der Waals surface area (Å²) in [7, 11) is 0. The average molecular weight is 521 g/mol. The van der Waals surface area contributed by atoms with Crippen molar-refractivity contribution in [3.05, 3.63) is 77.7 Å². The minimum Gasteiger partial charge on any atom is -0.306 e. The van der Waals surface area contributed by atoms with E-state index in [1.807, 2.05) is 16.9 Å². The Labute approximate surface area is 231 Å². The van der Waals surface area contributed by atoms with E-state index in [9.17, 15) is 0 Å². The molecule has 0 spiro atoms. The SMILES string of the molecule is Cc1ccc(-c2cnn3cc(-c4ccc(CCC5CCCCCCC5)cc4)cnc23)cc1C1=NCCCNN1. The van der Waals surface area contributed by atoms with E-state index in [0.717, 1.165) is 59.2 Å². The first-order chi connectivity index (χ1) is 19.2. The lowest BCUT2D eigenvalue weighted by Crippen LogP contribution is -2.37. The highest BCUT2D eigenvalue weighted by Crippen LogP contribution is 2.29. The maximum Gasteiger partial charge on any atom is 0.162 e. The molecule has 2 N–H and O–H groups in total. The van der Waals surface area contributed by atoms with E-state index >= 15 is 0 Å². The summed E-state index contributed by atoms with van der Waals surface area (Å²) in [6.07, 6.45) is 19.5. The number of amidine groups is 1. The van der Waals surface area contributed by atoms with E-state index in [-0.39, 0.29) is 0 Å². The second kappa shape index (κ2) is 12.1. The number of nitrogens with one attached hydrogen (secondary N) is 2. The molecule has 0 atom stereocenters. The summed E-state index contributed by atoms with van der Waals surface area (Å²) in [4.78, 5) is 9.59. The van der Waals surface area contributed by atoms with Crippen LogP contribution >= 0.6 is 0 Å². The number of aromatic nitrogens is 3. The van der Waals surface area contributed by atoms with E-state index in [1.165, 1.54) is 74.5 Å². The number of hydrazine groups is 1. The zero-order chi connectivity index (χ0) is 26.4. The maximum absolute atomic E-state index is 4.85. The Morgan fingerprint density at radius 2 is 1.64 bits per heavy atom. The standard InChI is InChI=1S/C33H40N6/c1-24-10-15-28(20-30(24)32-34-18-7-19-36-38-32)31-22-37-39-23-29(21-35-33(31)39)27-16-13-26(14-17-27)12-11-25-8-5-3-2-4-6-9-25/h10,13-17,20-23,25,36H,2-9,11-12,18-19H2,1H3,(H,34,38). The Hall–Kier alpha value is -3.51. The third-order valence-corrected chi connectivity index (χ3v) is 8.45. The van der Waals surface area contributed by atoms with E-state index in [4.69, 9.17) is 9.98 Å². The number of hydrogen-bond donors (Lipinski definition) is 2. The lowest BCUT2D eigenvalue weighted by molar-refractivity contribution is 0.359. The van der Waals surface area contributed by atoms with Crippen LogP contribution in [0.2, 0.25) is 0 Å². The van der Waals surface area contributed by atoms with Crippen LogP contribution in [0.15, 0.2) is 66.0 Å². The van der Waals surface area contributed by atoms with Crippen LogP contribution in [0, 0.1) is 12.8 Å². The van der Waals surface area contributed by atoms with E-state index in [0.29, 0.717) is 0 Å². The van der Waals surface area contributed by atoms with Crippen molar-refractivity contribution in [2.24, 2.45) is 10.9 Å². The van der Waals surface area contributed by atoms with Crippen molar-refractivity contribution < 1.29 is 0 Å². The number of aryl methyl sites for hydroxylation is 2. The summed E-state index contributed by atoms with van der Waals surface area (Å²) < 4.78 is 1.90. The molecule has 0 bridgehead atoms. The number of nitrogens with zero attached hydrogens (tertiary/aromatic N) is 4. The van der Waals surface area contributed by atoms with Gasteiger partial charge in [0.2, 0.25) is 0 Å². The zero-order valence-corrected chi connectivity index (χ0v) is 23.1. The van der Waals surface area contributed by atoms with Crippen LogP contribution in [-0.2, 0) is 6.42 Å². The highest BCUT2D eigenvalue weighted by Gasteiger charge is 2.15. The number of hydrogen-bond acceptors (Lipinski definition) is 5. The van der Waals surface area contributed by atoms with Gasteiger partial charge >= 0.3 is 0 Å². The predicted molar refractivity (Wildman–Crippen MR) is 160 cm³/mol. The molecule has 39 heavy (non-hydrogen) atoms. The Bertz CT molecular complexity index is 1430. The molecule has 6 heteroatoms. The molecule has 1 fully saturated rings. The van der Waals surface area contributed by atoms with Crippen LogP contribution in [0.5, 0.6) is 0 Å². The molecule has 0 radical (unpaired) electrons. The first-order valence-corrected chi connectivity index (χ1v) is 14.8. The molecule has 3 heterocycles. The van der Waals surface area contributed by atoms with Crippen molar-refractivity contribution in [2.45, 2.75) is 71.1 Å². The fourth-order valence-corrected chi connectivity index (χ4v) is 6.03. The number of fused-ring (bicyclic) bond motifs is 1. The molecule has 6 nitrogen and oxygen atoms in total. The van der Waals surface area contributed by atoms with Gasteiger partial charge in [-0.05, 0) is 60.4 Å². The summed E-state index contributed by atoms with van der Waals surface area (Å²) >= 11 is 0. The lowest BCUT2D eigenvalue weighted by Gasteiger charge is -2.19. The smallest absolute Gasteiger partial charge is 0.162 e. The Morgan fingerprint density at radius 3 is 2.49 bits per heavy atom. The summed E-state index contributed by atoms with van der Waals surface area (Å²) in [5.74, 6) is 1.80. The van der Waals surface area contributed by atoms with E-state index in [2.05, 4.69) is 71.5 Å². The van der Waals surface area contributed by atoms with E-state index in [1.54, 1.807) is 0 Å². The van der Waals surface area contributed by atoms with Crippen molar-refractivity contribution in [3.63, 3.8) is 0 Å². The first kappa shape index (κ1) is 25.8. The van der Waals surface area contributed by atoms with Crippen LogP contribution in [0.3, 0.4) is 0 Å². The molecule has 4 aromatic rings. The van der Waals surface area contributed by atoms with Crippen molar-refractivity contribution in [1.29, 1.82) is 0 Å². The summed E-state index contributed by atoms with van der Waals surface area (Å²) in [5.41, 5.74) is 15.5. The summed E-state index contributed by atoms with van der Waals surface area (Å²) in [6.45, 7) is 3.86. The van der Waals surface area contributed by atoms with Crippen molar-refractivity contribution in [2.75, 3.05) is 13.1 Å². The van der Waals surface area contributed by atoms with Gasteiger partial charge in [0, 0.05) is 42.2 Å². The molecular weight excluding hydrogens is 480 g/mol. The molecule has 202 valence electrons. The molecule has 0 saturated heterocycles. The second-order valence-electron chi connectivity index (χ2n) is 11.3. The molecule has 1 aliphatic carbocycles. The Balaban J connectivity index is 1.18. The van der Waals surface area contributed by atoms with Crippen LogP contribution in [0.4, 0.5) is 0 Å². The van der Waals surface area contributed by atoms with Gasteiger partial charge in [-0.15, -0.1) is 0 Å². The van der Waals surface area contributed by atoms with Gasteiger partial charge < -0.3 is 5.43 Å². The molecule has 6 rings (SSSR count). The van der Waals surface area contributed by atoms with Crippen LogP contribution in [-0.4, -0.2) is 33.5 Å². The van der Waals surface area contributed by atoms with Gasteiger partial charge in [-0.3, -0.25) is 4.99 Å². The highest BCUT2D eigenvalue weighted by atomic mass is 15.4. The van der Waals surface area contributed by atoms with Gasteiger partial charge in [0.25, 0.3) is 0 Å². The molecule has 0 unspecified atom stereocenters. The molecular formula is C33H40N6. The van der Waals surface area contributed by atoms with Crippen LogP contribution in [0.1, 0.15) is 74.5 Å². The average Bonchev–Trinajstić information content (AvgIpc) is 3.18. The number of rotatable bonds is 6. The molecule has 1 aliphatic heterocycles. The normalized spacial score (nSPS) is 17.2. The first-order valence-electron chi connectivity index (χ1n) is 14.8. The van der Waals surface area contributed by atoms with Crippen LogP contribution in [0.25, 0.3) is 27.9 Å². The Morgan fingerprint density at radius 1 is 0.846 bits per heavy atom. The van der Waals surface area contributed by atoms with Gasteiger partial charge in [0.1, 0.15) is 5.84 Å². The van der Waals surface area contributed by atoms with Crippen molar-refractivity contribution >= 4 is 11.5 Å². The number of benzene rings is 2. The van der Waals surface area contributed by atoms with Gasteiger partial charge in [0.05, 0.1) is 6.20 Å². The number of aliphatic imine (C=N–C) groups is 1. The Kier molecular flexibility index (Phi) is 8.00. The quantitative estimate of drug-likeness (QED) is 0.290. The van der Waals surface area contributed by atoms with Gasteiger partial charge in [0.15, 0.2) is 5.65 Å². The lowest BCUT2D eigenvalue weighted by atomic mass is 9.87. The molecule has 2 aromatic carbocycles. The fraction of sp³-hybridized carbons (Fsp3) is 0.424.